The van der Waals surface area contributed by atoms with Gasteiger partial charge in [-0.1, -0.05) is 76.6 Å². The molecule has 2 aromatic carbocycles. The number of aromatic nitrogens is 3. The number of hydrogen-bond acceptors (Lipinski definition) is 5. The van der Waals surface area contributed by atoms with Gasteiger partial charge in [-0.3, -0.25) is 4.57 Å². The van der Waals surface area contributed by atoms with Gasteiger partial charge in [0.15, 0.2) is 5.65 Å². The third kappa shape index (κ3) is 5.06. The number of carbonyl (C=O) groups excluding carboxylic acids is 1. The van der Waals surface area contributed by atoms with E-state index in [-0.39, 0.29) is 5.56 Å². The molecule has 0 aliphatic carbocycles. The summed E-state index contributed by atoms with van der Waals surface area (Å²) < 4.78 is 7.45. The molecule has 6 heteroatoms. The average molecular weight is 459 g/mol. The normalized spacial score (nSPS) is 11.4. The molecule has 2 aromatic heterocycles. The van der Waals surface area contributed by atoms with Gasteiger partial charge in [0.25, 0.3) is 0 Å². The molecule has 0 amide bonds. The second-order valence-corrected chi connectivity index (χ2v) is 8.76. The van der Waals surface area contributed by atoms with E-state index in [1.165, 1.54) is 37.7 Å². The molecule has 2 heterocycles. The number of fused-ring (bicyclic) bond motifs is 2. The van der Waals surface area contributed by atoms with Gasteiger partial charge >= 0.3 is 5.97 Å². The highest BCUT2D eigenvalue weighted by Gasteiger charge is 2.25. The highest BCUT2D eigenvalue weighted by molar-refractivity contribution is 6.09. The maximum atomic E-state index is 13.2. The van der Waals surface area contributed by atoms with Crippen molar-refractivity contribution in [2.45, 2.75) is 65.2 Å². The Morgan fingerprint density at radius 1 is 0.882 bits per heavy atom. The molecule has 0 unspecified atom stereocenters. The van der Waals surface area contributed by atoms with Crippen LogP contribution in [-0.4, -0.2) is 27.1 Å². The summed E-state index contributed by atoms with van der Waals surface area (Å²) in [7, 11) is 0. The van der Waals surface area contributed by atoms with Crippen LogP contribution in [0.5, 0.6) is 0 Å². The molecule has 0 spiro atoms. The van der Waals surface area contributed by atoms with Crippen LogP contribution in [0.2, 0.25) is 0 Å². The molecule has 178 valence electrons. The van der Waals surface area contributed by atoms with Crippen molar-refractivity contribution in [1.29, 1.82) is 0 Å². The number of esters is 1. The van der Waals surface area contributed by atoms with Gasteiger partial charge in [-0.05, 0) is 42.7 Å². The first kappa shape index (κ1) is 23.7. The molecule has 6 nitrogen and oxygen atoms in total. The minimum atomic E-state index is -0.443. The van der Waals surface area contributed by atoms with Crippen LogP contribution in [0.25, 0.3) is 27.9 Å². The summed E-state index contributed by atoms with van der Waals surface area (Å²) in [6, 6.07) is 15.8. The van der Waals surface area contributed by atoms with E-state index in [0.717, 1.165) is 36.0 Å². The zero-order valence-electron chi connectivity index (χ0n) is 20.2. The lowest BCUT2D eigenvalue weighted by atomic mass is 10.1. The molecule has 0 aliphatic rings. The maximum absolute atomic E-state index is 13.2. The Kier molecular flexibility index (Phi) is 7.78. The Hall–Kier alpha value is -3.41. The third-order valence-electron chi connectivity index (χ3n) is 6.29. The van der Waals surface area contributed by atoms with Gasteiger partial charge < -0.3 is 10.5 Å². The summed E-state index contributed by atoms with van der Waals surface area (Å²) >= 11 is 0. The molecular formula is C28H34N4O2. The van der Waals surface area contributed by atoms with Gasteiger partial charge in [0.2, 0.25) is 0 Å². The van der Waals surface area contributed by atoms with Crippen LogP contribution in [0.15, 0.2) is 48.5 Å². The number of benzene rings is 2. The number of nitrogen functional groups attached to an aromatic ring is 1. The van der Waals surface area contributed by atoms with E-state index in [1.54, 1.807) is 4.57 Å². The second-order valence-electron chi connectivity index (χ2n) is 8.76. The van der Waals surface area contributed by atoms with Crippen molar-refractivity contribution in [3.8, 4) is 5.69 Å². The third-order valence-corrected chi connectivity index (χ3v) is 6.29. The van der Waals surface area contributed by atoms with Crippen LogP contribution in [0.1, 0.15) is 74.7 Å². The number of hydrogen-bond donors (Lipinski definition) is 1. The lowest BCUT2D eigenvalue weighted by molar-refractivity contribution is 0.0501. The topological polar surface area (TPSA) is 83.0 Å². The van der Waals surface area contributed by atoms with E-state index in [1.807, 2.05) is 36.4 Å². The number of rotatable bonds is 11. The Labute approximate surface area is 201 Å². The van der Waals surface area contributed by atoms with Crippen molar-refractivity contribution < 1.29 is 9.53 Å². The first-order valence-corrected chi connectivity index (χ1v) is 12.5. The first-order valence-electron chi connectivity index (χ1n) is 12.5. The van der Waals surface area contributed by atoms with Gasteiger partial charge in [-0.25, -0.2) is 14.8 Å². The van der Waals surface area contributed by atoms with Crippen molar-refractivity contribution in [3.63, 3.8) is 0 Å². The highest BCUT2D eigenvalue weighted by atomic mass is 16.5. The minimum Gasteiger partial charge on any atom is -0.462 e. The number of para-hydroxylation sites is 2. The predicted octanol–water partition coefficient (Wildman–Crippen LogP) is 6.63. The molecule has 34 heavy (non-hydrogen) atoms. The molecule has 0 atom stereocenters. The van der Waals surface area contributed by atoms with Gasteiger partial charge in [-0.2, -0.15) is 0 Å². The van der Waals surface area contributed by atoms with Crippen LogP contribution < -0.4 is 5.73 Å². The standard InChI is InChI=1S/C28H34N4O2/c1-3-5-6-7-8-9-12-19-34-28(33)24-25-27(31-23-14-11-10-13-22(23)30-25)32(26(24)29)21-17-15-20(4-2)16-18-21/h10-11,13-18H,3-9,12,19,29H2,1-2H3. The minimum absolute atomic E-state index is 0.288. The molecule has 0 bridgehead atoms. The van der Waals surface area contributed by atoms with E-state index in [0.29, 0.717) is 23.6 Å². The van der Waals surface area contributed by atoms with Crippen LogP contribution in [-0.2, 0) is 11.2 Å². The molecule has 0 saturated carbocycles. The van der Waals surface area contributed by atoms with Crippen LogP contribution in [0.4, 0.5) is 5.82 Å². The smallest absolute Gasteiger partial charge is 0.344 e. The molecule has 4 aromatic rings. The number of nitrogens with two attached hydrogens (primary N) is 1. The number of aryl methyl sites for hydroxylation is 1. The fraction of sp³-hybridized carbons (Fsp3) is 0.393. The second kappa shape index (κ2) is 11.1. The Morgan fingerprint density at radius 2 is 1.53 bits per heavy atom. The number of anilines is 1. The van der Waals surface area contributed by atoms with Crippen molar-refractivity contribution in [1.82, 2.24) is 14.5 Å². The quantitative estimate of drug-likeness (QED) is 0.202. The van der Waals surface area contributed by atoms with Gasteiger partial charge in [0, 0.05) is 5.69 Å². The first-order chi connectivity index (χ1) is 16.6. The number of nitrogens with zero attached hydrogens (tertiary/aromatic N) is 3. The Morgan fingerprint density at radius 3 is 2.21 bits per heavy atom. The van der Waals surface area contributed by atoms with E-state index in [2.05, 4.69) is 26.0 Å². The largest absolute Gasteiger partial charge is 0.462 e. The average Bonchev–Trinajstić information content (AvgIpc) is 3.14. The van der Waals surface area contributed by atoms with Crippen LogP contribution >= 0.6 is 0 Å². The lowest BCUT2D eigenvalue weighted by Crippen LogP contribution is -2.10. The summed E-state index contributed by atoms with van der Waals surface area (Å²) in [6.07, 6.45) is 9.07. The maximum Gasteiger partial charge on any atom is 0.344 e. The van der Waals surface area contributed by atoms with Gasteiger partial charge in [-0.15, -0.1) is 0 Å². The van der Waals surface area contributed by atoms with Crippen molar-refractivity contribution in [2.24, 2.45) is 0 Å². The summed E-state index contributed by atoms with van der Waals surface area (Å²) in [4.78, 5) is 22.7. The molecule has 0 fully saturated rings. The zero-order valence-corrected chi connectivity index (χ0v) is 20.2. The molecule has 0 saturated heterocycles. The molecule has 2 N–H and O–H groups in total. The summed E-state index contributed by atoms with van der Waals surface area (Å²) in [5.74, 6) is -0.138. The summed E-state index contributed by atoms with van der Waals surface area (Å²) in [6.45, 7) is 4.71. The Bertz CT molecular complexity index is 1260. The number of ether oxygens (including phenoxy) is 1. The SMILES string of the molecule is CCCCCCCCCOC(=O)c1c(N)n(-c2ccc(CC)cc2)c2nc3ccccc3nc12. The van der Waals surface area contributed by atoms with Gasteiger partial charge in [0.1, 0.15) is 16.9 Å². The molecule has 4 rings (SSSR count). The highest BCUT2D eigenvalue weighted by Crippen LogP contribution is 2.31. The molecule has 0 radical (unpaired) electrons. The van der Waals surface area contributed by atoms with Crippen LogP contribution in [0.3, 0.4) is 0 Å². The van der Waals surface area contributed by atoms with Crippen molar-refractivity contribution in [2.75, 3.05) is 12.3 Å². The fourth-order valence-electron chi connectivity index (χ4n) is 4.30. The molecule has 0 aliphatic heterocycles. The number of unbranched alkanes of at least 4 members (excludes halogenated alkanes) is 6. The fourth-order valence-corrected chi connectivity index (χ4v) is 4.30. The number of carbonyl (C=O) groups is 1. The van der Waals surface area contributed by atoms with E-state index < -0.39 is 5.97 Å². The monoisotopic (exact) mass is 458 g/mol. The summed E-state index contributed by atoms with van der Waals surface area (Å²) in [5, 5.41) is 0. The zero-order chi connectivity index (χ0) is 23.9. The van der Waals surface area contributed by atoms with E-state index in [4.69, 9.17) is 20.4 Å². The van der Waals surface area contributed by atoms with Crippen LogP contribution in [0, 0.1) is 0 Å². The Balaban J connectivity index is 1.62. The predicted molar refractivity (Wildman–Crippen MR) is 138 cm³/mol. The van der Waals surface area contributed by atoms with E-state index >= 15 is 0 Å². The van der Waals surface area contributed by atoms with Crippen molar-refractivity contribution in [3.05, 3.63) is 59.7 Å². The van der Waals surface area contributed by atoms with Crippen molar-refractivity contribution >= 4 is 34.0 Å². The lowest BCUT2D eigenvalue weighted by Gasteiger charge is -2.09. The summed E-state index contributed by atoms with van der Waals surface area (Å²) in [5.41, 5.74) is 11.4. The molecular weight excluding hydrogens is 424 g/mol. The van der Waals surface area contributed by atoms with Gasteiger partial charge in [0.05, 0.1) is 17.6 Å². The van der Waals surface area contributed by atoms with E-state index in [9.17, 15) is 4.79 Å².